The third kappa shape index (κ3) is 2.45. The first-order valence-corrected chi connectivity index (χ1v) is 7.10. The Morgan fingerprint density at radius 1 is 1.35 bits per heavy atom. The topological polar surface area (TPSA) is 45.1 Å². The molecular weight excluding hydrogens is 279 g/mol. The predicted molar refractivity (Wildman–Crippen MR) is 78.6 cm³/mol. The number of halogens is 2. The molecule has 1 saturated carbocycles. The van der Waals surface area contributed by atoms with E-state index in [4.69, 9.17) is 16.7 Å². The zero-order valence-electron chi connectivity index (χ0n) is 11.0. The molecule has 2 aromatic rings. The molecule has 1 aliphatic rings. The van der Waals surface area contributed by atoms with E-state index in [0.29, 0.717) is 22.6 Å². The molecule has 0 spiro atoms. The summed E-state index contributed by atoms with van der Waals surface area (Å²) in [6.07, 6.45) is 4.44. The normalized spacial score (nSPS) is 16.4. The number of aliphatic hydroxyl groups is 1. The molecule has 5 heteroatoms. The van der Waals surface area contributed by atoms with Crippen molar-refractivity contribution in [3.63, 3.8) is 0 Å². The van der Waals surface area contributed by atoms with Crippen LogP contribution >= 0.6 is 11.6 Å². The Balaban J connectivity index is 1.84. The molecule has 1 fully saturated rings. The molecule has 0 bridgehead atoms. The van der Waals surface area contributed by atoms with Crippen molar-refractivity contribution >= 4 is 28.2 Å². The maximum Gasteiger partial charge on any atom is 0.172 e. The lowest BCUT2D eigenvalue weighted by atomic mass is 10.0. The molecule has 1 aromatic heterocycles. The number of pyridine rings is 1. The second-order valence-corrected chi connectivity index (χ2v) is 5.85. The number of hydrogen-bond acceptors (Lipinski definition) is 3. The number of hydrogen-bond donors (Lipinski definition) is 2. The third-order valence-electron chi connectivity index (χ3n) is 4.05. The maximum atomic E-state index is 14.4. The molecule has 0 atom stereocenters. The van der Waals surface area contributed by atoms with Gasteiger partial charge in [-0.15, -0.1) is 0 Å². The molecule has 3 rings (SSSR count). The Morgan fingerprint density at radius 2 is 2.15 bits per heavy atom. The fourth-order valence-electron chi connectivity index (χ4n) is 2.50. The van der Waals surface area contributed by atoms with Crippen molar-refractivity contribution in [2.24, 2.45) is 5.41 Å². The van der Waals surface area contributed by atoms with E-state index in [-0.39, 0.29) is 23.4 Å². The molecule has 2 N–H and O–H groups in total. The lowest BCUT2D eigenvalue weighted by Gasteiger charge is -2.16. The van der Waals surface area contributed by atoms with Gasteiger partial charge in [0.25, 0.3) is 0 Å². The molecule has 1 aromatic carbocycles. The number of rotatable bonds is 5. The summed E-state index contributed by atoms with van der Waals surface area (Å²) in [5, 5.41) is 13.3. The van der Waals surface area contributed by atoms with Crippen molar-refractivity contribution in [1.29, 1.82) is 0 Å². The van der Waals surface area contributed by atoms with Gasteiger partial charge in [-0.25, -0.2) is 4.39 Å². The average Bonchev–Trinajstić information content (AvgIpc) is 3.20. The smallest absolute Gasteiger partial charge is 0.172 e. The number of anilines is 1. The van der Waals surface area contributed by atoms with Crippen molar-refractivity contribution in [2.45, 2.75) is 19.3 Å². The summed E-state index contributed by atoms with van der Waals surface area (Å²) in [7, 11) is 0. The van der Waals surface area contributed by atoms with Crippen LogP contribution in [0.2, 0.25) is 5.02 Å². The number of nitrogens with zero attached hydrogens (tertiary/aromatic N) is 1. The van der Waals surface area contributed by atoms with Gasteiger partial charge in [-0.3, -0.25) is 4.98 Å². The van der Waals surface area contributed by atoms with Gasteiger partial charge in [0, 0.05) is 24.7 Å². The van der Waals surface area contributed by atoms with Crippen LogP contribution in [0.15, 0.2) is 24.4 Å². The van der Waals surface area contributed by atoms with E-state index in [1.807, 2.05) is 0 Å². The lowest BCUT2D eigenvalue weighted by Crippen LogP contribution is -2.17. The molecule has 0 amide bonds. The molecule has 106 valence electrons. The summed E-state index contributed by atoms with van der Waals surface area (Å²) in [4.78, 5) is 4.06. The Hall–Kier alpha value is -1.39. The maximum absolute atomic E-state index is 14.4. The van der Waals surface area contributed by atoms with Crippen LogP contribution in [0.3, 0.4) is 0 Å². The number of benzene rings is 1. The molecule has 3 nitrogen and oxygen atoms in total. The summed E-state index contributed by atoms with van der Waals surface area (Å²) >= 11 is 6.03. The van der Waals surface area contributed by atoms with E-state index < -0.39 is 0 Å². The van der Waals surface area contributed by atoms with Crippen LogP contribution in [0, 0.1) is 11.2 Å². The lowest BCUT2D eigenvalue weighted by molar-refractivity contribution is 0.253. The van der Waals surface area contributed by atoms with Gasteiger partial charge >= 0.3 is 0 Å². The molecule has 1 aliphatic carbocycles. The first-order valence-electron chi connectivity index (χ1n) is 6.73. The van der Waals surface area contributed by atoms with Crippen molar-refractivity contribution < 1.29 is 9.50 Å². The first-order chi connectivity index (χ1) is 9.65. The Morgan fingerprint density at radius 3 is 2.85 bits per heavy atom. The monoisotopic (exact) mass is 294 g/mol. The van der Waals surface area contributed by atoms with Gasteiger partial charge in [0.1, 0.15) is 5.52 Å². The van der Waals surface area contributed by atoms with E-state index >= 15 is 0 Å². The van der Waals surface area contributed by atoms with Gasteiger partial charge in [0.15, 0.2) is 5.82 Å². The summed E-state index contributed by atoms with van der Waals surface area (Å²) in [5.41, 5.74) is 0.865. The molecule has 0 radical (unpaired) electrons. The second kappa shape index (κ2) is 5.19. The minimum Gasteiger partial charge on any atom is -0.396 e. The van der Waals surface area contributed by atoms with E-state index in [1.54, 1.807) is 18.2 Å². The number of aromatic nitrogens is 1. The Kier molecular flexibility index (Phi) is 3.52. The molecule has 1 heterocycles. The number of aliphatic hydroxyl groups excluding tert-OH is 1. The van der Waals surface area contributed by atoms with Crippen LogP contribution in [0.5, 0.6) is 0 Å². The van der Waals surface area contributed by atoms with Gasteiger partial charge in [-0.1, -0.05) is 11.6 Å². The van der Waals surface area contributed by atoms with Crippen molar-refractivity contribution in [1.82, 2.24) is 4.98 Å². The van der Waals surface area contributed by atoms with Gasteiger partial charge in [0.2, 0.25) is 0 Å². The fourth-order valence-corrected chi connectivity index (χ4v) is 2.71. The standard InChI is InChI=1S/C15H16ClFN2O/c16-11-3-7-18-14-10(11)1-2-12(13(14)17)19-9-15(4-5-15)6-8-20/h1-3,7,19-20H,4-6,8-9H2. The van der Waals surface area contributed by atoms with Crippen molar-refractivity contribution in [3.05, 3.63) is 35.2 Å². The van der Waals surface area contributed by atoms with Gasteiger partial charge in [-0.05, 0) is 42.9 Å². The van der Waals surface area contributed by atoms with Crippen LogP contribution < -0.4 is 5.32 Å². The zero-order valence-corrected chi connectivity index (χ0v) is 11.8. The summed E-state index contributed by atoms with van der Waals surface area (Å²) in [5.74, 6) is -0.371. The van der Waals surface area contributed by atoms with E-state index in [1.165, 1.54) is 6.20 Å². The highest BCUT2D eigenvalue weighted by molar-refractivity contribution is 6.35. The largest absolute Gasteiger partial charge is 0.396 e. The first kappa shape index (κ1) is 13.6. The van der Waals surface area contributed by atoms with E-state index in [0.717, 1.165) is 19.3 Å². The molecule has 20 heavy (non-hydrogen) atoms. The highest BCUT2D eigenvalue weighted by Gasteiger charge is 2.41. The van der Waals surface area contributed by atoms with Crippen LogP contribution in [0.4, 0.5) is 10.1 Å². The van der Waals surface area contributed by atoms with Crippen LogP contribution in [0.25, 0.3) is 10.9 Å². The van der Waals surface area contributed by atoms with E-state index in [9.17, 15) is 4.39 Å². The minimum atomic E-state index is -0.371. The minimum absolute atomic E-state index is 0.137. The van der Waals surface area contributed by atoms with E-state index in [2.05, 4.69) is 10.3 Å². The average molecular weight is 295 g/mol. The molecular formula is C15H16ClFN2O. The van der Waals surface area contributed by atoms with Gasteiger partial charge in [0.05, 0.1) is 10.7 Å². The van der Waals surface area contributed by atoms with Crippen molar-refractivity contribution in [3.8, 4) is 0 Å². The summed E-state index contributed by atoms with van der Waals surface area (Å²) in [6.45, 7) is 0.857. The fraction of sp³-hybridized carbons (Fsp3) is 0.400. The van der Waals surface area contributed by atoms with Crippen molar-refractivity contribution in [2.75, 3.05) is 18.5 Å². The van der Waals surface area contributed by atoms with Crippen LogP contribution in [-0.2, 0) is 0 Å². The van der Waals surface area contributed by atoms with Crippen LogP contribution in [-0.4, -0.2) is 23.2 Å². The molecule has 0 saturated heterocycles. The Bertz CT molecular complexity index is 643. The molecule has 0 aliphatic heterocycles. The molecule has 0 unspecified atom stereocenters. The summed E-state index contributed by atoms with van der Waals surface area (Å²) < 4.78 is 14.4. The summed E-state index contributed by atoms with van der Waals surface area (Å²) in [6, 6.07) is 5.12. The van der Waals surface area contributed by atoms with Crippen LogP contribution in [0.1, 0.15) is 19.3 Å². The quantitative estimate of drug-likeness (QED) is 0.885. The number of nitrogens with one attached hydrogen (secondary N) is 1. The SMILES string of the molecule is OCCC1(CNc2ccc3c(Cl)ccnc3c2F)CC1. The highest BCUT2D eigenvalue weighted by Crippen LogP contribution is 2.48. The predicted octanol–water partition coefficient (Wildman–Crippen LogP) is 3.60. The Labute approximate surface area is 121 Å². The zero-order chi connectivity index (χ0) is 14.2. The highest BCUT2D eigenvalue weighted by atomic mass is 35.5. The van der Waals surface area contributed by atoms with Gasteiger partial charge < -0.3 is 10.4 Å². The van der Waals surface area contributed by atoms with Gasteiger partial charge in [-0.2, -0.15) is 0 Å². The second-order valence-electron chi connectivity index (χ2n) is 5.44. The third-order valence-corrected chi connectivity index (χ3v) is 4.38. The number of fused-ring (bicyclic) bond motifs is 1.